The number of nitrogens with one attached hydrogen (secondary N) is 1. The van der Waals surface area contributed by atoms with Crippen LogP contribution < -0.4 is 5.32 Å². The van der Waals surface area contributed by atoms with Crippen molar-refractivity contribution in [2.24, 2.45) is 0 Å². The molecule has 0 fully saturated rings. The number of hydrogen-bond acceptors (Lipinski definition) is 2. The van der Waals surface area contributed by atoms with Crippen molar-refractivity contribution >= 4 is 11.4 Å². The Morgan fingerprint density at radius 3 is 1.84 bits per heavy atom. The van der Waals surface area contributed by atoms with Gasteiger partial charge in [-0.3, -0.25) is 0 Å². The van der Waals surface area contributed by atoms with Gasteiger partial charge in [0.2, 0.25) is 0 Å². The van der Waals surface area contributed by atoms with E-state index in [-0.39, 0.29) is 5.41 Å². The normalized spacial score (nSPS) is 12.5. The molecule has 0 bridgehead atoms. The second-order valence-corrected chi connectivity index (χ2v) is 8.30. The number of nitriles is 1. The Morgan fingerprint density at radius 1 is 0.656 bits per heavy atom. The van der Waals surface area contributed by atoms with Crippen molar-refractivity contribution in [2.45, 2.75) is 32.1 Å². The van der Waals surface area contributed by atoms with Gasteiger partial charge in [0.15, 0.2) is 0 Å². The lowest BCUT2D eigenvalue weighted by Gasteiger charge is -2.36. The predicted octanol–water partition coefficient (Wildman–Crippen LogP) is 7.69. The highest BCUT2D eigenvalue weighted by atomic mass is 14.9. The maximum atomic E-state index is 9.52. The smallest absolute Gasteiger partial charge is 0.0622 e. The molecular weight excluding hydrogens is 388 g/mol. The van der Waals surface area contributed by atoms with Crippen LogP contribution in [0.1, 0.15) is 40.7 Å². The average Bonchev–Trinajstić information content (AvgIpc) is 2.84. The molecule has 0 spiro atoms. The average molecular weight is 417 g/mol. The minimum absolute atomic E-state index is 0.388. The number of nitrogens with zero attached hydrogens (tertiary/aromatic N) is 1. The monoisotopic (exact) mass is 416 g/mol. The highest BCUT2D eigenvalue weighted by Crippen LogP contribution is 2.44. The van der Waals surface area contributed by atoms with E-state index in [1.807, 2.05) is 24.3 Å². The molecule has 0 aromatic heterocycles. The molecule has 0 amide bonds. The molecule has 4 aromatic rings. The van der Waals surface area contributed by atoms with Crippen molar-refractivity contribution in [1.29, 1.82) is 5.26 Å². The van der Waals surface area contributed by atoms with Crippen LogP contribution in [0.4, 0.5) is 11.4 Å². The fourth-order valence-electron chi connectivity index (χ4n) is 4.43. The molecule has 2 heteroatoms. The van der Waals surface area contributed by atoms with E-state index in [9.17, 15) is 5.26 Å². The summed E-state index contributed by atoms with van der Waals surface area (Å²) in [6.07, 6.45) is 1.20. The number of benzene rings is 4. The molecule has 0 aliphatic carbocycles. The molecule has 0 aliphatic heterocycles. The summed E-state index contributed by atoms with van der Waals surface area (Å²) >= 11 is 0. The van der Waals surface area contributed by atoms with Gasteiger partial charge in [0.05, 0.1) is 6.07 Å². The molecule has 0 aliphatic rings. The molecular formula is C30H28N2. The number of rotatable bonds is 7. The summed E-state index contributed by atoms with van der Waals surface area (Å²) < 4.78 is 0. The molecule has 1 atom stereocenters. The molecule has 0 heterocycles. The molecule has 1 N–H and O–H groups in total. The van der Waals surface area contributed by atoms with Crippen molar-refractivity contribution in [1.82, 2.24) is 0 Å². The molecule has 2 nitrogen and oxygen atoms in total. The number of para-hydroxylation sites is 1. The molecule has 32 heavy (non-hydrogen) atoms. The first kappa shape index (κ1) is 21.4. The van der Waals surface area contributed by atoms with Crippen molar-refractivity contribution in [3.63, 3.8) is 0 Å². The summed E-state index contributed by atoms with van der Waals surface area (Å²) in [4.78, 5) is 0. The number of hydrogen-bond donors (Lipinski definition) is 1. The molecule has 1 unspecified atom stereocenters. The Bertz CT molecular complexity index is 1210. The molecule has 0 saturated heterocycles. The Labute approximate surface area is 191 Å². The van der Waals surface area contributed by atoms with Crippen molar-refractivity contribution < 1.29 is 0 Å². The highest BCUT2D eigenvalue weighted by molar-refractivity contribution is 5.61. The van der Waals surface area contributed by atoms with Gasteiger partial charge in [-0.05, 0) is 72.4 Å². The quantitative estimate of drug-likeness (QED) is 0.314. The predicted molar refractivity (Wildman–Crippen MR) is 133 cm³/mol. The van der Waals surface area contributed by atoms with E-state index in [0.29, 0.717) is 6.42 Å². The molecule has 0 radical (unpaired) electrons. The van der Waals surface area contributed by atoms with Crippen LogP contribution in [0.25, 0.3) is 0 Å². The summed E-state index contributed by atoms with van der Waals surface area (Å²) in [6, 6.07) is 38.5. The van der Waals surface area contributed by atoms with Gasteiger partial charge in [-0.15, -0.1) is 0 Å². The van der Waals surface area contributed by atoms with E-state index in [1.165, 1.54) is 27.8 Å². The van der Waals surface area contributed by atoms with Gasteiger partial charge in [-0.2, -0.15) is 5.26 Å². The first-order chi connectivity index (χ1) is 15.6. The highest BCUT2D eigenvalue weighted by Gasteiger charge is 2.36. The first-order valence-electron chi connectivity index (χ1n) is 11.1. The van der Waals surface area contributed by atoms with Crippen LogP contribution in [0.3, 0.4) is 0 Å². The maximum Gasteiger partial charge on any atom is 0.0622 e. The molecule has 158 valence electrons. The van der Waals surface area contributed by atoms with E-state index in [2.05, 4.69) is 104 Å². The van der Waals surface area contributed by atoms with Gasteiger partial charge in [0.1, 0.15) is 0 Å². The summed E-state index contributed by atoms with van der Waals surface area (Å²) in [5, 5.41) is 13.0. The third kappa shape index (κ3) is 4.29. The second-order valence-electron chi connectivity index (χ2n) is 8.30. The third-order valence-electron chi connectivity index (χ3n) is 6.32. The van der Waals surface area contributed by atoms with Crippen LogP contribution in [0.15, 0.2) is 103 Å². The van der Waals surface area contributed by atoms with Gasteiger partial charge >= 0.3 is 0 Å². The zero-order chi connectivity index (χ0) is 22.4. The van der Waals surface area contributed by atoms with Gasteiger partial charge in [-0.25, -0.2) is 0 Å². The third-order valence-corrected chi connectivity index (χ3v) is 6.32. The van der Waals surface area contributed by atoms with E-state index in [1.54, 1.807) is 0 Å². The van der Waals surface area contributed by atoms with Gasteiger partial charge in [0.25, 0.3) is 0 Å². The van der Waals surface area contributed by atoms with Gasteiger partial charge < -0.3 is 5.32 Å². The molecule has 4 aromatic carbocycles. The zero-order valence-electron chi connectivity index (χ0n) is 18.7. The fraction of sp³-hybridized carbons (Fsp3) is 0.167. The van der Waals surface area contributed by atoms with Crippen LogP contribution in [-0.2, 0) is 5.41 Å². The van der Waals surface area contributed by atoms with E-state index < -0.39 is 0 Å². The zero-order valence-corrected chi connectivity index (χ0v) is 18.7. The largest absolute Gasteiger partial charge is 0.356 e. The minimum atomic E-state index is -0.388. The summed E-state index contributed by atoms with van der Waals surface area (Å²) in [7, 11) is 0. The van der Waals surface area contributed by atoms with E-state index in [4.69, 9.17) is 0 Å². The summed E-state index contributed by atoms with van der Waals surface area (Å²) in [5.41, 5.74) is 7.89. The Kier molecular flexibility index (Phi) is 6.38. The van der Waals surface area contributed by atoms with Gasteiger partial charge in [0, 0.05) is 23.2 Å². The topological polar surface area (TPSA) is 35.8 Å². The van der Waals surface area contributed by atoms with E-state index >= 15 is 0 Å². The van der Waals surface area contributed by atoms with Crippen LogP contribution >= 0.6 is 0 Å². The van der Waals surface area contributed by atoms with Crippen molar-refractivity contribution in [3.8, 4) is 6.07 Å². The fourth-order valence-corrected chi connectivity index (χ4v) is 4.43. The van der Waals surface area contributed by atoms with Crippen LogP contribution in [0, 0.1) is 25.2 Å². The lowest BCUT2D eigenvalue weighted by Crippen LogP contribution is -2.29. The summed E-state index contributed by atoms with van der Waals surface area (Å²) in [5.74, 6) is 0. The standard InChI is InChI=1S/C30H28N2/c1-23-14-15-27(22-24(23)2)30(20-9-21-31,25-10-5-3-6-11-25)26-16-18-29(19-17-26)32-28-12-7-4-8-13-28/h3-8,10-19,22,32H,9,20H2,1-2H3. The van der Waals surface area contributed by atoms with Crippen molar-refractivity contribution in [3.05, 3.63) is 131 Å². The Hall–Kier alpha value is -3.83. The summed E-state index contributed by atoms with van der Waals surface area (Å²) in [6.45, 7) is 4.30. The van der Waals surface area contributed by atoms with Gasteiger partial charge in [-0.1, -0.05) is 78.9 Å². The van der Waals surface area contributed by atoms with Crippen LogP contribution in [0.2, 0.25) is 0 Å². The maximum absolute atomic E-state index is 9.52. The Morgan fingerprint density at radius 2 is 1.22 bits per heavy atom. The minimum Gasteiger partial charge on any atom is -0.356 e. The number of anilines is 2. The SMILES string of the molecule is Cc1ccc(C(CCC#N)(c2ccccc2)c2ccc(Nc3ccccc3)cc2)cc1C. The second kappa shape index (κ2) is 9.54. The Balaban J connectivity index is 1.84. The van der Waals surface area contributed by atoms with Crippen LogP contribution in [-0.4, -0.2) is 0 Å². The van der Waals surface area contributed by atoms with Crippen molar-refractivity contribution in [2.75, 3.05) is 5.32 Å². The van der Waals surface area contributed by atoms with Crippen LogP contribution in [0.5, 0.6) is 0 Å². The molecule has 0 saturated carbocycles. The lowest BCUT2D eigenvalue weighted by molar-refractivity contribution is 0.568. The number of aryl methyl sites for hydroxylation is 2. The lowest BCUT2D eigenvalue weighted by atomic mass is 9.66. The molecule has 4 rings (SSSR count). The van der Waals surface area contributed by atoms with E-state index in [0.717, 1.165) is 17.8 Å². The first-order valence-corrected chi connectivity index (χ1v) is 11.1.